The van der Waals surface area contributed by atoms with E-state index in [-0.39, 0.29) is 24.4 Å². The number of carbonyl (C=O) groups is 1. The second kappa shape index (κ2) is 9.74. The van der Waals surface area contributed by atoms with E-state index in [1.165, 1.54) is 0 Å². The molecule has 3 N–H and O–H groups in total. The van der Waals surface area contributed by atoms with E-state index in [0.29, 0.717) is 42.0 Å². The molecule has 1 aromatic rings. The van der Waals surface area contributed by atoms with Crippen molar-refractivity contribution < 1.29 is 14.3 Å². The van der Waals surface area contributed by atoms with Crippen molar-refractivity contribution >= 4 is 18.3 Å². The zero-order valence-corrected chi connectivity index (χ0v) is 15.5. The summed E-state index contributed by atoms with van der Waals surface area (Å²) in [5, 5.41) is 3.01. The van der Waals surface area contributed by atoms with Gasteiger partial charge in [0.15, 0.2) is 11.5 Å². The molecule has 1 saturated carbocycles. The minimum Gasteiger partial charge on any atom is -0.493 e. The van der Waals surface area contributed by atoms with E-state index in [9.17, 15) is 4.79 Å². The lowest BCUT2D eigenvalue weighted by Gasteiger charge is -2.17. The summed E-state index contributed by atoms with van der Waals surface area (Å²) in [7, 11) is 1.58. The van der Waals surface area contributed by atoms with Crippen LogP contribution in [0.4, 0.5) is 0 Å². The van der Waals surface area contributed by atoms with Crippen molar-refractivity contribution in [1.82, 2.24) is 5.32 Å². The number of hydrogen-bond donors (Lipinski definition) is 2. The van der Waals surface area contributed by atoms with E-state index in [2.05, 4.69) is 19.2 Å². The Labute approximate surface area is 150 Å². The highest BCUT2D eigenvalue weighted by Crippen LogP contribution is 2.33. The summed E-state index contributed by atoms with van der Waals surface area (Å²) < 4.78 is 11.1. The van der Waals surface area contributed by atoms with Crippen LogP contribution in [0.15, 0.2) is 18.2 Å². The first kappa shape index (κ1) is 20.6. The van der Waals surface area contributed by atoms with E-state index in [4.69, 9.17) is 15.2 Å². The molecule has 6 heteroatoms. The van der Waals surface area contributed by atoms with Gasteiger partial charge in [0.05, 0.1) is 13.7 Å². The summed E-state index contributed by atoms with van der Waals surface area (Å²) in [5.41, 5.74) is 6.31. The van der Waals surface area contributed by atoms with Crippen LogP contribution in [0.3, 0.4) is 0 Å². The second-order valence-electron chi connectivity index (χ2n) is 6.55. The number of methoxy groups -OCH3 is 1. The van der Waals surface area contributed by atoms with E-state index in [0.717, 1.165) is 19.3 Å². The highest BCUT2D eigenvalue weighted by Gasteiger charge is 2.31. The van der Waals surface area contributed by atoms with Crippen LogP contribution in [0.2, 0.25) is 0 Å². The van der Waals surface area contributed by atoms with Crippen LogP contribution < -0.4 is 20.5 Å². The number of nitrogens with two attached hydrogens (primary N) is 1. The van der Waals surface area contributed by atoms with Crippen LogP contribution in [0.5, 0.6) is 11.5 Å². The number of benzene rings is 1. The Morgan fingerprint density at radius 2 is 2.04 bits per heavy atom. The Hall–Kier alpha value is -1.46. The van der Waals surface area contributed by atoms with Crippen molar-refractivity contribution in [3.63, 3.8) is 0 Å². The summed E-state index contributed by atoms with van der Waals surface area (Å²) in [6.07, 6.45) is 3.27. The van der Waals surface area contributed by atoms with Gasteiger partial charge in [-0.1, -0.05) is 13.8 Å². The van der Waals surface area contributed by atoms with Crippen molar-refractivity contribution in [3.05, 3.63) is 23.8 Å². The summed E-state index contributed by atoms with van der Waals surface area (Å²) in [6.45, 7) is 5.42. The lowest BCUT2D eigenvalue weighted by Crippen LogP contribution is -2.41. The lowest BCUT2D eigenvalue weighted by atomic mass is 10.1. The van der Waals surface area contributed by atoms with E-state index in [1.54, 1.807) is 25.3 Å². The molecule has 1 aromatic carbocycles. The average Bonchev–Trinajstić information content (AvgIpc) is 3.37. The Kier molecular flexibility index (Phi) is 8.36. The van der Waals surface area contributed by atoms with Crippen LogP contribution >= 0.6 is 12.4 Å². The van der Waals surface area contributed by atoms with Crippen LogP contribution in [0.25, 0.3) is 0 Å². The quantitative estimate of drug-likeness (QED) is 0.713. The first-order valence-electron chi connectivity index (χ1n) is 8.37. The maximum Gasteiger partial charge on any atom is 0.251 e. The molecule has 0 aromatic heterocycles. The molecule has 0 saturated heterocycles. The van der Waals surface area contributed by atoms with E-state index < -0.39 is 0 Å². The molecule has 0 spiro atoms. The van der Waals surface area contributed by atoms with E-state index in [1.807, 2.05) is 0 Å². The monoisotopic (exact) mass is 356 g/mol. The minimum absolute atomic E-state index is 0. The summed E-state index contributed by atoms with van der Waals surface area (Å²) in [6, 6.07) is 5.35. The fourth-order valence-electron chi connectivity index (χ4n) is 2.45. The third-order valence-electron chi connectivity index (χ3n) is 4.14. The first-order chi connectivity index (χ1) is 11.0. The van der Waals surface area contributed by atoms with Crippen molar-refractivity contribution in [1.29, 1.82) is 0 Å². The Morgan fingerprint density at radius 3 is 2.58 bits per heavy atom. The summed E-state index contributed by atoms with van der Waals surface area (Å²) in [4.78, 5) is 12.4. The number of nitrogens with one attached hydrogen (secondary N) is 1. The Balaban J connectivity index is 0.00000288. The highest BCUT2D eigenvalue weighted by atomic mass is 35.5. The molecule has 5 nitrogen and oxygen atoms in total. The van der Waals surface area contributed by atoms with Crippen molar-refractivity contribution in [2.75, 3.05) is 20.3 Å². The van der Waals surface area contributed by atoms with Gasteiger partial charge in [0.25, 0.3) is 5.91 Å². The van der Waals surface area contributed by atoms with Gasteiger partial charge in [-0.15, -0.1) is 12.4 Å². The second-order valence-corrected chi connectivity index (χ2v) is 6.55. The van der Waals surface area contributed by atoms with Gasteiger partial charge in [0, 0.05) is 18.2 Å². The molecular formula is C18H29ClN2O3. The molecule has 2 rings (SSSR count). The first-order valence-corrected chi connectivity index (χ1v) is 8.37. The van der Waals surface area contributed by atoms with Crippen molar-refractivity contribution in [3.8, 4) is 11.5 Å². The molecule has 1 aliphatic carbocycles. The molecule has 1 unspecified atom stereocenters. The molecule has 0 radical (unpaired) electrons. The number of ether oxygens (including phenoxy) is 2. The van der Waals surface area contributed by atoms with Gasteiger partial charge in [-0.05, 0) is 49.3 Å². The van der Waals surface area contributed by atoms with Gasteiger partial charge in [-0.3, -0.25) is 4.79 Å². The van der Waals surface area contributed by atoms with Gasteiger partial charge in [-0.2, -0.15) is 0 Å². The SMILES string of the molecule is COc1cc(C(=O)NC(CN)C2CC2)ccc1OCCC(C)C.Cl. The number of carbonyl (C=O) groups excluding carboxylic acids is 1. The maximum atomic E-state index is 12.4. The van der Waals surface area contributed by atoms with Crippen LogP contribution in [0, 0.1) is 11.8 Å². The van der Waals surface area contributed by atoms with Crippen molar-refractivity contribution in [2.45, 2.75) is 39.2 Å². The van der Waals surface area contributed by atoms with Crippen LogP contribution in [-0.4, -0.2) is 32.2 Å². The molecule has 1 atom stereocenters. The molecule has 0 heterocycles. The standard InChI is InChI=1S/C18H28N2O3.ClH/c1-12(2)8-9-23-16-7-6-14(10-17(16)22-3)18(21)20-15(11-19)13-4-5-13;/h6-7,10,12-13,15H,4-5,8-9,11,19H2,1-3H3,(H,20,21);1H. The summed E-state index contributed by atoms with van der Waals surface area (Å²) >= 11 is 0. The predicted molar refractivity (Wildman–Crippen MR) is 98.2 cm³/mol. The average molecular weight is 357 g/mol. The van der Waals surface area contributed by atoms with Gasteiger partial charge in [-0.25, -0.2) is 0 Å². The fraction of sp³-hybridized carbons (Fsp3) is 0.611. The number of amides is 1. The zero-order chi connectivity index (χ0) is 16.8. The number of rotatable bonds is 9. The normalized spacial score (nSPS) is 14.7. The van der Waals surface area contributed by atoms with Gasteiger partial charge in [0.1, 0.15) is 0 Å². The molecule has 24 heavy (non-hydrogen) atoms. The highest BCUT2D eigenvalue weighted by molar-refractivity contribution is 5.95. The Morgan fingerprint density at radius 1 is 1.33 bits per heavy atom. The fourth-order valence-corrected chi connectivity index (χ4v) is 2.45. The number of halogens is 1. The summed E-state index contributed by atoms with van der Waals surface area (Å²) in [5.74, 6) is 2.25. The molecule has 136 valence electrons. The Bertz CT molecular complexity index is 533. The molecule has 0 bridgehead atoms. The minimum atomic E-state index is -0.112. The molecule has 0 aliphatic heterocycles. The topological polar surface area (TPSA) is 73.6 Å². The molecular weight excluding hydrogens is 328 g/mol. The van der Waals surface area contributed by atoms with Crippen LogP contribution in [0.1, 0.15) is 43.5 Å². The third-order valence-corrected chi connectivity index (χ3v) is 4.14. The lowest BCUT2D eigenvalue weighted by molar-refractivity contribution is 0.0933. The van der Waals surface area contributed by atoms with Gasteiger partial charge in [0.2, 0.25) is 0 Å². The van der Waals surface area contributed by atoms with Crippen LogP contribution in [-0.2, 0) is 0 Å². The molecule has 1 amide bonds. The maximum absolute atomic E-state index is 12.4. The van der Waals surface area contributed by atoms with Crippen molar-refractivity contribution in [2.24, 2.45) is 17.6 Å². The van der Waals surface area contributed by atoms with Gasteiger partial charge < -0.3 is 20.5 Å². The zero-order valence-electron chi connectivity index (χ0n) is 14.7. The number of hydrogen-bond acceptors (Lipinski definition) is 4. The third kappa shape index (κ3) is 5.87. The van der Waals surface area contributed by atoms with Gasteiger partial charge >= 0.3 is 0 Å². The molecule has 1 fully saturated rings. The molecule has 1 aliphatic rings. The smallest absolute Gasteiger partial charge is 0.251 e. The largest absolute Gasteiger partial charge is 0.493 e. The predicted octanol–water partition coefficient (Wildman–Crippen LogP) is 3.01. The van der Waals surface area contributed by atoms with E-state index >= 15 is 0 Å².